The molecule has 1 aromatic heterocycles. The zero-order chi connectivity index (χ0) is 24.5. The first-order chi connectivity index (χ1) is 16.2. The molecule has 0 N–H and O–H groups in total. The number of esters is 1. The van der Waals surface area contributed by atoms with Crippen molar-refractivity contribution in [2.75, 3.05) is 26.6 Å². The van der Waals surface area contributed by atoms with Gasteiger partial charge in [0.25, 0.3) is 0 Å². The molecular weight excluding hydrogens is 484 g/mol. The van der Waals surface area contributed by atoms with E-state index in [-0.39, 0.29) is 63.6 Å². The first-order valence-electron chi connectivity index (χ1n) is 10.6. The molecule has 1 heterocycles. The molecular formula is C24H23ClO8S. The predicted octanol–water partition coefficient (Wildman–Crippen LogP) is 3.86. The van der Waals surface area contributed by atoms with Crippen LogP contribution in [0.4, 0.5) is 0 Å². The molecule has 1 aliphatic carbocycles. The van der Waals surface area contributed by atoms with E-state index in [1.165, 1.54) is 31.4 Å². The summed E-state index contributed by atoms with van der Waals surface area (Å²) in [6.07, 6.45) is 2.21. The SMILES string of the molecule is COC(=O)C1CC(OCCOc2cc(S(C)(=O)=O)ccc2-c2cc(=O)c3cccc(Cl)c3o2)C1. The molecule has 0 unspecified atom stereocenters. The topological polar surface area (TPSA) is 109 Å². The van der Waals surface area contributed by atoms with E-state index in [0.29, 0.717) is 23.8 Å². The van der Waals surface area contributed by atoms with Gasteiger partial charge in [0.1, 0.15) is 18.1 Å². The molecule has 0 bridgehead atoms. The molecule has 34 heavy (non-hydrogen) atoms. The number of hydrogen-bond donors (Lipinski definition) is 0. The summed E-state index contributed by atoms with van der Waals surface area (Å²) in [5, 5.41) is 0.622. The molecule has 1 fully saturated rings. The number of carbonyl (C=O) groups is 1. The number of sulfone groups is 1. The first kappa shape index (κ1) is 24.3. The summed E-state index contributed by atoms with van der Waals surface area (Å²) in [5.74, 6) is 0.0375. The van der Waals surface area contributed by atoms with Crippen molar-refractivity contribution in [2.24, 2.45) is 5.92 Å². The van der Waals surface area contributed by atoms with Gasteiger partial charge in [-0.3, -0.25) is 9.59 Å². The van der Waals surface area contributed by atoms with Gasteiger partial charge in [0.2, 0.25) is 0 Å². The van der Waals surface area contributed by atoms with Crippen molar-refractivity contribution in [2.45, 2.75) is 23.8 Å². The fourth-order valence-electron chi connectivity index (χ4n) is 3.76. The smallest absolute Gasteiger partial charge is 0.308 e. The summed E-state index contributed by atoms with van der Waals surface area (Å²) < 4.78 is 46.3. The average Bonchev–Trinajstić information content (AvgIpc) is 2.77. The lowest BCUT2D eigenvalue weighted by Gasteiger charge is -2.32. The minimum atomic E-state index is -3.50. The van der Waals surface area contributed by atoms with E-state index in [1.807, 2.05) is 0 Å². The molecule has 0 radical (unpaired) electrons. The fraction of sp³-hybridized carbons (Fsp3) is 0.333. The average molecular weight is 507 g/mol. The number of fused-ring (bicyclic) bond motifs is 1. The molecule has 4 rings (SSSR count). The summed E-state index contributed by atoms with van der Waals surface area (Å²) in [7, 11) is -2.14. The van der Waals surface area contributed by atoms with E-state index in [2.05, 4.69) is 0 Å². The van der Waals surface area contributed by atoms with Crippen molar-refractivity contribution in [3.05, 3.63) is 57.7 Å². The Hall–Kier alpha value is -2.88. The van der Waals surface area contributed by atoms with Crippen molar-refractivity contribution in [3.8, 4) is 17.1 Å². The normalized spacial score (nSPS) is 17.9. The van der Waals surface area contributed by atoms with Gasteiger partial charge in [0, 0.05) is 12.3 Å². The number of benzene rings is 2. The van der Waals surface area contributed by atoms with E-state index in [0.717, 1.165) is 6.26 Å². The second-order valence-corrected chi connectivity index (χ2v) is 10.5. The van der Waals surface area contributed by atoms with Gasteiger partial charge < -0.3 is 18.6 Å². The van der Waals surface area contributed by atoms with Crippen LogP contribution in [0.25, 0.3) is 22.3 Å². The minimum Gasteiger partial charge on any atom is -0.490 e. The van der Waals surface area contributed by atoms with Crippen LogP contribution in [0.5, 0.6) is 5.75 Å². The third-order valence-corrected chi connectivity index (χ3v) is 7.08. The Kier molecular flexibility index (Phi) is 6.97. The highest BCUT2D eigenvalue weighted by Gasteiger charge is 2.35. The number of hydrogen-bond acceptors (Lipinski definition) is 8. The van der Waals surface area contributed by atoms with Crippen LogP contribution < -0.4 is 10.2 Å². The maximum absolute atomic E-state index is 12.6. The lowest BCUT2D eigenvalue weighted by Crippen LogP contribution is -2.37. The van der Waals surface area contributed by atoms with Gasteiger partial charge in [-0.2, -0.15) is 0 Å². The molecule has 8 nitrogen and oxygen atoms in total. The Balaban J connectivity index is 1.56. The molecule has 1 aliphatic rings. The third kappa shape index (κ3) is 5.11. The van der Waals surface area contributed by atoms with E-state index in [4.69, 9.17) is 30.2 Å². The maximum Gasteiger partial charge on any atom is 0.308 e. The quantitative estimate of drug-likeness (QED) is 0.334. The first-order valence-corrected chi connectivity index (χ1v) is 12.8. The second-order valence-electron chi connectivity index (χ2n) is 8.05. The summed E-state index contributed by atoms with van der Waals surface area (Å²) in [4.78, 5) is 24.2. The lowest BCUT2D eigenvalue weighted by atomic mass is 9.82. The van der Waals surface area contributed by atoms with Crippen LogP contribution in [0.2, 0.25) is 5.02 Å². The highest BCUT2D eigenvalue weighted by molar-refractivity contribution is 7.90. The predicted molar refractivity (Wildman–Crippen MR) is 126 cm³/mol. The summed E-state index contributed by atoms with van der Waals surface area (Å²) >= 11 is 6.21. The molecule has 0 atom stereocenters. The molecule has 1 saturated carbocycles. The molecule has 180 valence electrons. The van der Waals surface area contributed by atoms with Crippen LogP contribution in [-0.4, -0.2) is 47.1 Å². The van der Waals surface area contributed by atoms with E-state index >= 15 is 0 Å². The van der Waals surface area contributed by atoms with Gasteiger partial charge >= 0.3 is 5.97 Å². The Morgan fingerprint density at radius 3 is 2.62 bits per heavy atom. The molecule has 3 aromatic rings. The van der Waals surface area contributed by atoms with Crippen molar-refractivity contribution in [3.63, 3.8) is 0 Å². The number of carbonyl (C=O) groups excluding carboxylic acids is 1. The van der Waals surface area contributed by atoms with Crippen molar-refractivity contribution in [1.29, 1.82) is 0 Å². The second kappa shape index (κ2) is 9.77. The monoisotopic (exact) mass is 506 g/mol. The van der Waals surface area contributed by atoms with Crippen LogP contribution in [0, 0.1) is 5.92 Å². The molecule has 10 heteroatoms. The fourth-order valence-corrected chi connectivity index (χ4v) is 4.61. The molecule has 0 amide bonds. The summed E-state index contributed by atoms with van der Waals surface area (Å²) in [5.41, 5.74) is 0.351. The van der Waals surface area contributed by atoms with Crippen LogP contribution >= 0.6 is 11.6 Å². The maximum atomic E-state index is 12.6. The molecule has 2 aromatic carbocycles. The van der Waals surface area contributed by atoms with E-state index in [9.17, 15) is 18.0 Å². The number of halogens is 1. The largest absolute Gasteiger partial charge is 0.490 e. The number of rotatable bonds is 8. The Morgan fingerprint density at radius 1 is 1.15 bits per heavy atom. The van der Waals surface area contributed by atoms with E-state index < -0.39 is 9.84 Å². The molecule has 0 aliphatic heterocycles. The van der Waals surface area contributed by atoms with Gasteiger partial charge in [0.15, 0.2) is 20.8 Å². The van der Waals surface area contributed by atoms with Gasteiger partial charge in [-0.15, -0.1) is 0 Å². The van der Waals surface area contributed by atoms with Gasteiger partial charge in [-0.25, -0.2) is 8.42 Å². The Bertz CT molecular complexity index is 1390. The minimum absolute atomic E-state index is 0.0600. The van der Waals surface area contributed by atoms with Crippen LogP contribution in [0.1, 0.15) is 12.8 Å². The van der Waals surface area contributed by atoms with Crippen molar-refractivity contribution < 1.29 is 31.8 Å². The highest BCUT2D eigenvalue weighted by atomic mass is 35.5. The van der Waals surface area contributed by atoms with Crippen LogP contribution in [0.15, 0.2) is 56.6 Å². The van der Waals surface area contributed by atoms with Crippen LogP contribution in [-0.2, 0) is 24.1 Å². The molecule has 0 saturated heterocycles. The summed E-state index contributed by atoms with van der Waals surface area (Å²) in [6.45, 7) is 0.354. The number of ether oxygens (including phenoxy) is 3. The Labute approximate surface area is 201 Å². The summed E-state index contributed by atoms with van der Waals surface area (Å²) in [6, 6.07) is 10.5. The lowest BCUT2D eigenvalue weighted by molar-refractivity contribution is -0.155. The zero-order valence-corrected chi connectivity index (χ0v) is 20.1. The molecule has 0 spiro atoms. The van der Waals surface area contributed by atoms with Gasteiger partial charge in [-0.1, -0.05) is 17.7 Å². The van der Waals surface area contributed by atoms with Crippen LogP contribution in [0.3, 0.4) is 0 Å². The van der Waals surface area contributed by atoms with Crippen molar-refractivity contribution >= 4 is 38.4 Å². The Morgan fingerprint density at radius 2 is 1.91 bits per heavy atom. The zero-order valence-electron chi connectivity index (χ0n) is 18.6. The standard InChI is InChI=1S/C24H23ClO8S/c1-30-24(27)14-10-15(11-14)31-8-9-32-21-12-16(34(2,28)29)6-7-18(21)22-13-20(26)17-4-3-5-19(25)23(17)33-22/h3-7,12-15H,8-11H2,1-2H3. The van der Waals surface area contributed by atoms with Gasteiger partial charge in [-0.05, 0) is 43.2 Å². The van der Waals surface area contributed by atoms with Gasteiger partial charge in [0.05, 0.1) is 46.6 Å². The van der Waals surface area contributed by atoms with E-state index in [1.54, 1.807) is 18.2 Å². The third-order valence-electron chi connectivity index (χ3n) is 5.68. The highest BCUT2D eigenvalue weighted by Crippen LogP contribution is 2.35. The van der Waals surface area contributed by atoms with Crippen molar-refractivity contribution in [1.82, 2.24) is 0 Å². The number of para-hydroxylation sites is 1. The number of methoxy groups -OCH3 is 1.